The third-order valence-electron chi connectivity index (χ3n) is 9.76. The molecule has 1 aromatic carbocycles. The first kappa shape index (κ1) is 24.9. The number of hydrogen-bond acceptors (Lipinski definition) is 8. The largest absolute Gasteiger partial charge is 0.595 e. The number of methoxy groups -OCH3 is 1. The zero-order valence-electron chi connectivity index (χ0n) is 21.0. The van der Waals surface area contributed by atoms with Gasteiger partial charge in [-0.05, 0) is 51.2 Å². The number of ether oxygens (including phenoxy) is 2. The first-order valence-corrected chi connectivity index (χ1v) is 12.9. The summed E-state index contributed by atoms with van der Waals surface area (Å²) in [5, 5.41) is 31.4. The molecule has 2 saturated carbocycles. The van der Waals surface area contributed by atoms with Gasteiger partial charge in [0.2, 0.25) is 0 Å². The van der Waals surface area contributed by atoms with E-state index in [0.717, 1.165) is 51.1 Å². The van der Waals surface area contributed by atoms with Gasteiger partial charge in [0.25, 0.3) is 0 Å². The summed E-state index contributed by atoms with van der Waals surface area (Å²) in [6.45, 7) is 8.07. The average Bonchev–Trinajstić information content (AvgIpc) is 3.12. The predicted molar refractivity (Wildman–Crippen MR) is 129 cm³/mol. The highest BCUT2D eigenvalue weighted by Crippen LogP contribution is 2.61. The fourth-order valence-corrected chi connectivity index (χ4v) is 7.37. The molecule has 7 unspecified atom stereocenters. The van der Waals surface area contributed by atoms with Gasteiger partial charge in [-0.3, -0.25) is 9.69 Å². The summed E-state index contributed by atoms with van der Waals surface area (Å²) in [6, 6.07) is 6.99. The summed E-state index contributed by atoms with van der Waals surface area (Å²) in [6.07, 6.45) is 3.83. The van der Waals surface area contributed by atoms with Gasteiger partial charge in [-0.1, -0.05) is 6.92 Å². The lowest BCUT2D eigenvalue weighted by molar-refractivity contribution is -0.991. The van der Waals surface area contributed by atoms with E-state index in [0.29, 0.717) is 19.4 Å². The molecular formula is C26H39N3O6. The molecule has 2 heterocycles. The second-order valence-corrected chi connectivity index (χ2v) is 11.5. The molecule has 2 saturated heterocycles. The third kappa shape index (κ3) is 4.06. The number of piperazine rings is 1. The molecule has 3 N–H and O–H groups in total. The number of aliphatic hydroxyl groups is 1. The van der Waals surface area contributed by atoms with Crippen molar-refractivity contribution in [3.05, 3.63) is 29.5 Å². The van der Waals surface area contributed by atoms with Crippen molar-refractivity contribution < 1.29 is 29.8 Å². The van der Waals surface area contributed by atoms with Crippen molar-refractivity contribution in [1.29, 1.82) is 0 Å². The van der Waals surface area contributed by atoms with Crippen molar-refractivity contribution in [2.75, 3.05) is 44.7 Å². The number of nitrogens with one attached hydrogen (secondary N) is 1. The highest BCUT2D eigenvalue weighted by atomic mass is 16.8. The monoisotopic (exact) mass is 489 g/mol. The van der Waals surface area contributed by atoms with Gasteiger partial charge in [0.1, 0.15) is 6.10 Å². The van der Waals surface area contributed by atoms with Crippen LogP contribution in [0.15, 0.2) is 24.3 Å². The molecule has 4 aliphatic rings. The minimum absolute atomic E-state index is 0.00487. The minimum atomic E-state index is -0.985. The number of benzene rings is 1. The Balaban J connectivity index is 1.25. The molecule has 2 aliphatic heterocycles. The summed E-state index contributed by atoms with van der Waals surface area (Å²) < 4.78 is 11.9. The molecule has 9 nitrogen and oxygen atoms in total. The second kappa shape index (κ2) is 8.97. The molecule has 2 aliphatic carbocycles. The highest BCUT2D eigenvalue weighted by Gasteiger charge is 2.67. The van der Waals surface area contributed by atoms with Gasteiger partial charge < -0.3 is 24.7 Å². The van der Waals surface area contributed by atoms with Crippen LogP contribution in [0.25, 0.3) is 0 Å². The van der Waals surface area contributed by atoms with E-state index in [-0.39, 0.29) is 35.0 Å². The summed E-state index contributed by atoms with van der Waals surface area (Å²) in [5.41, 5.74) is -0.632. The molecule has 0 amide bonds. The Morgan fingerprint density at radius 2 is 1.83 bits per heavy atom. The molecule has 9 heteroatoms. The van der Waals surface area contributed by atoms with Crippen LogP contribution in [0.5, 0.6) is 0 Å². The number of esters is 1. The molecule has 5 rings (SSSR count). The maximum Gasteiger partial charge on any atom is 0.310 e. The van der Waals surface area contributed by atoms with Crippen LogP contribution in [0.4, 0.5) is 11.4 Å². The van der Waals surface area contributed by atoms with Gasteiger partial charge in [-0.25, -0.2) is 5.21 Å². The van der Waals surface area contributed by atoms with E-state index >= 15 is 0 Å². The van der Waals surface area contributed by atoms with E-state index in [2.05, 4.69) is 16.7 Å². The van der Waals surface area contributed by atoms with Crippen LogP contribution < -0.4 is 10.1 Å². The van der Waals surface area contributed by atoms with Crippen LogP contribution in [0.2, 0.25) is 0 Å². The smallest absolute Gasteiger partial charge is 0.310 e. The number of carbonyl (C=O) groups is 1. The number of fused-ring (bicyclic) bond motifs is 2. The van der Waals surface area contributed by atoms with Gasteiger partial charge in [-0.2, -0.15) is 5.23 Å². The van der Waals surface area contributed by atoms with Crippen LogP contribution in [0, 0.1) is 22.5 Å². The molecule has 4 fully saturated rings. The zero-order valence-corrected chi connectivity index (χ0v) is 21.0. The molecule has 0 radical (unpaired) electrons. The summed E-state index contributed by atoms with van der Waals surface area (Å²) >= 11 is 0. The first-order chi connectivity index (χ1) is 16.6. The zero-order chi connectivity index (χ0) is 25.0. The topological polar surface area (TPSA) is 110 Å². The number of quaternary nitrogens is 1. The Hall–Kier alpha value is -1.75. The highest BCUT2D eigenvalue weighted by molar-refractivity contribution is 5.75. The Morgan fingerprint density at radius 1 is 1.14 bits per heavy atom. The molecule has 0 aromatic heterocycles. The van der Waals surface area contributed by atoms with Crippen LogP contribution >= 0.6 is 0 Å². The van der Waals surface area contributed by atoms with Crippen molar-refractivity contribution in [1.82, 2.24) is 4.90 Å². The Kier molecular flexibility index (Phi) is 6.39. The van der Waals surface area contributed by atoms with Gasteiger partial charge in [0.05, 0.1) is 17.1 Å². The normalized spacial score (nSPS) is 40.7. The van der Waals surface area contributed by atoms with E-state index in [1.165, 1.54) is 0 Å². The van der Waals surface area contributed by atoms with Crippen LogP contribution in [-0.2, 0) is 14.3 Å². The van der Waals surface area contributed by atoms with Gasteiger partial charge in [-0.15, -0.1) is 0 Å². The number of hydrogen-bond donors (Lipinski definition) is 3. The molecule has 0 bridgehead atoms. The van der Waals surface area contributed by atoms with E-state index in [1.54, 1.807) is 19.2 Å². The fraction of sp³-hybridized carbons (Fsp3) is 0.731. The molecule has 35 heavy (non-hydrogen) atoms. The number of anilines is 1. The van der Waals surface area contributed by atoms with Crippen LogP contribution in [0.3, 0.4) is 0 Å². The third-order valence-corrected chi connectivity index (χ3v) is 9.76. The molecule has 7 atom stereocenters. The van der Waals surface area contributed by atoms with E-state index in [9.17, 15) is 15.1 Å². The van der Waals surface area contributed by atoms with Gasteiger partial charge in [0.15, 0.2) is 5.69 Å². The first-order valence-electron chi connectivity index (χ1n) is 12.9. The van der Waals surface area contributed by atoms with E-state index in [4.69, 9.17) is 14.7 Å². The molecule has 1 aromatic rings. The summed E-state index contributed by atoms with van der Waals surface area (Å²) in [7, 11) is 1.69. The predicted octanol–water partition coefficient (Wildman–Crippen LogP) is 1.49. The number of rotatable bonds is 5. The summed E-state index contributed by atoms with van der Waals surface area (Å²) in [5.74, 6) is -0.371. The number of carbonyl (C=O) groups excluding carboxylic acids is 1. The lowest BCUT2D eigenvalue weighted by Crippen LogP contribution is -2.99. The maximum atomic E-state index is 13.0. The quantitative estimate of drug-likeness (QED) is 0.422. The molecule has 194 valence electrons. The lowest BCUT2D eigenvalue weighted by Gasteiger charge is -2.62. The van der Waals surface area contributed by atoms with Crippen LogP contribution in [-0.4, -0.2) is 78.3 Å². The van der Waals surface area contributed by atoms with Crippen molar-refractivity contribution in [2.24, 2.45) is 17.3 Å². The second-order valence-electron chi connectivity index (χ2n) is 11.5. The van der Waals surface area contributed by atoms with Crippen molar-refractivity contribution >= 4 is 17.3 Å². The van der Waals surface area contributed by atoms with Gasteiger partial charge in [0, 0.05) is 69.0 Å². The van der Waals surface area contributed by atoms with E-state index < -0.39 is 16.4 Å². The van der Waals surface area contributed by atoms with E-state index in [1.807, 2.05) is 19.1 Å². The number of nitrogens with zero attached hydrogens (tertiary/aromatic N) is 2. The van der Waals surface area contributed by atoms with Gasteiger partial charge >= 0.3 is 5.97 Å². The Bertz CT molecular complexity index is 936. The maximum absolute atomic E-state index is 13.0. The fourth-order valence-electron chi connectivity index (χ4n) is 7.37. The summed E-state index contributed by atoms with van der Waals surface area (Å²) in [4.78, 5) is 17.6. The Morgan fingerprint density at radius 3 is 2.46 bits per heavy atom. The average molecular weight is 490 g/mol. The minimum Gasteiger partial charge on any atom is -0.595 e. The molecular weight excluding hydrogens is 450 g/mol. The van der Waals surface area contributed by atoms with Crippen LogP contribution in [0.1, 0.15) is 46.0 Å². The Labute approximate surface area is 207 Å². The standard InChI is InChI=1S/C26H39N3O6/c1-24-9-4-10-25(2,34-3)26(24,31)15-20-21(23(30)35-22(20)16-24)17-27-11-13-28(14-12-27)18-5-7-19(8-6-18)29(32)33/h5-8,20-22,29,31-32H,4,9-17H2,1-3H3. The SMILES string of the molecule is COC1(C)CCCC2(C)CC3OC(=O)C(CN4CCN(c5ccc([NH+]([O-])O)cc5)CC4)C3CC21O. The van der Waals surface area contributed by atoms with Crippen molar-refractivity contribution in [3.8, 4) is 0 Å². The molecule has 0 spiro atoms. The van der Waals surface area contributed by atoms with Crippen molar-refractivity contribution in [3.63, 3.8) is 0 Å². The van der Waals surface area contributed by atoms with Crippen molar-refractivity contribution in [2.45, 2.75) is 63.3 Å². The lowest BCUT2D eigenvalue weighted by atomic mass is 9.49.